The van der Waals surface area contributed by atoms with Crippen LogP contribution in [0.1, 0.15) is 35.0 Å². The molecule has 0 saturated carbocycles. The zero-order valence-corrected chi connectivity index (χ0v) is 15.3. The van der Waals surface area contributed by atoms with Gasteiger partial charge in [-0.15, -0.1) is 11.3 Å². The highest BCUT2D eigenvalue weighted by Gasteiger charge is 2.27. The molecule has 1 aromatic heterocycles. The van der Waals surface area contributed by atoms with Gasteiger partial charge in [0.05, 0.1) is 24.2 Å². The minimum absolute atomic E-state index is 0.0679. The summed E-state index contributed by atoms with van der Waals surface area (Å²) in [6.45, 7) is 3.34. The van der Waals surface area contributed by atoms with E-state index in [0.29, 0.717) is 19.5 Å². The van der Waals surface area contributed by atoms with E-state index in [1.165, 1.54) is 11.3 Å². The van der Waals surface area contributed by atoms with Gasteiger partial charge >= 0.3 is 0 Å². The average Bonchev–Trinajstić information content (AvgIpc) is 3.33. The van der Waals surface area contributed by atoms with Crippen molar-refractivity contribution in [2.45, 2.75) is 25.9 Å². The lowest BCUT2D eigenvalue weighted by Crippen LogP contribution is -2.37. The number of benzene rings is 1. The number of amides is 1. The highest BCUT2D eigenvalue weighted by Crippen LogP contribution is 2.21. The van der Waals surface area contributed by atoms with Crippen molar-refractivity contribution >= 4 is 23.0 Å². The van der Waals surface area contributed by atoms with Gasteiger partial charge < -0.3 is 14.5 Å². The van der Waals surface area contributed by atoms with Crippen molar-refractivity contribution in [1.29, 1.82) is 0 Å². The van der Waals surface area contributed by atoms with Crippen molar-refractivity contribution in [2.75, 3.05) is 20.2 Å². The summed E-state index contributed by atoms with van der Waals surface area (Å²) in [5.74, 6) is 0.883. The Morgan fingerprint density at radius 1 is 1.36 bits per heavy atom. The van der Waals surface area contributed by atoms with Gasteiger partial charge in [-0.25, -0.2) is 0 Å². The first-order chi connectivity index (χ1) is 12.2. The summed E-state index contributed by atoms with van der Waals surface area (Å²) < 4.78 is 5.18. The van der Waals surface area contributed by atoms with E-state index in [2.05, 4.69) is 12.1 Å². The summed E-state index contributed by atoms with van der Waals surface area (Å²) in [6.07, 6.45) is 1.51. The molecule has 1 unspecified atom stereocenters. The lowest BCUT2D eigenvalue weighted by atomic mass is 10.0. The molecule has 2 heterocycles. The maximum Gasteiger partial charge on any atom is 0.264 e. The Balaban J connectivity index is 1.62. The Kier molecular flexibility index (Phi) is 5.71. The highest BCUT2D eigenvalue weighted by molar-refractivity contribution is 7.12. The number of ether oxygens (including phenoxy) is 1. The number of thiophene rings is 1. The van der Waals surface area contributed by atoms with Crippen LogP contribution in [0, 0.1) is 0 Å². The predicted molar refractivity (Wildman–Crippen MR) is 99.5 cm³/mol. The van der Waals surface area contributed by atoms with E-state index in [-0.39, 0.29) is 12.0 Å². The van der Waals surface area contributed by atoms with Crippen LogP contribution in [0.5, 0.6) is 5.75 Å². The molecule has 1 amide bonds. The van der Waals surface area contributed by atoms with Crippen LogP contribution in [0.25, 0.3) is 0 Å². The van der Waals surface area contributed by atoms with Gasteiger partial charge in [0.25, 0.3) is 5.91 Å². The van der Waals surface area contributed by atoms with Gasteiger partial charge in [0.15, 0.2) is 6.10 Å². The molecule has 1 atom stereocenters. The molecule has 1 aromatic carbocycles. The van der Waals surface area contributed by atoms with Crippen LogP contribution in [-0.4, -0.2) is 42.8 Å². The number of carbonyl (C=O) groups is 1. The Labute approximate surface area is 151 Å². The van der Waals surface area contributed by atoms with E-state index in [4.69, 9.17) is 9.57 Å². The van der Waals surface area contributed by atoms with E-state index < -0.39 is 0 Å². The lowest BCUT2D eigenvalue weighted by Gasteiger charge is -2.23. The highest BCUT2D eigenvalue weighted by atomic mass is 32.1. The summed E-state index contributed by atoms with van der Waals surface area (Å²) in [4.78, 5) is 20.9. The number of methoxy groups -OCH3 is 1. The third-order valence-corrected chi connectivity index (χ3v) is 4.95. The van der Waals surface area contributed by atoms with Crippen molar-refractivity contribution in [1.82, 2.24) is 4.90 Å². The van der Waals surface area contributed by atoms with Crippen LogP contribution in [0.4, 0.5) is 0 Å². The number of rotatable bonds is 7. The Hall–Kier alpha value is -2.34. The van der Waals surface area contributed by atoms with Crippen molar-refractivity contribution in [3.05, 3.63) is 52.2 Å². The van der Waals surface area contributed by atoms with Gasteiger partial charge in [0.2, 0.25) is 0 Å². The summed E-state index contributed by atoms with van der Waals surface area (Å²) in [6, 6.07) is 11.5. The molecule has 0 radical (unpaired) electrons. The average molecular weight is 358 g/mol. The summed E-state index contributed by atoms with van der Waals surface area (Å²) in [5.41, 5.74) is 1.93. The number of nitrogens with zero attached hydrogens (tertiary/aromatic N) is 2. The van der Waals surface area contributed by atoms with E-state index in [1.54, 1.807) is 7.11 Å². The molecule has 5 nitrogen and oxygen atoms in total. The maximum atomic E-state index is 12.6. The zero-order chi connectivity index (χ0) is 17.6. The maximum absolute atomic E-state index is 12.6. The van der Waals surface area contributed by atoms with Crippen LogP contribution in [0.15, 0.2) is 46.9 Å². The van der Waals surface area contributed by atoms with E-state index in [0.717, 1.165) is 28.3 Å². The van der Waals surface area contributed by atoms with Crippen molar-refractivity contribution in [3.63, 3.8) is 0 Å². The fraction of sp³-hybridized carbons (Fsp3) is 0.368. The van der Waals surface area contributed by atoms with Crippen LogP contribution in [0.2, 0.25) is 0 Å². The summed E-state index contributed by atoms with van der Waals surface area (Å²) >= 11 is 1.47. The smallest absolute Gasteiger partial charge is 0.264 e. The van der Waals surface area contributed by atoms with Crippen LogP contribution >= 0.6 is 11.3 Å². The summed E-state index contributed by atoms with van der Waals surface area (Å²) in [7, 11) is 1.65. The monoisotopic (exact) mass is 358 g/mol. The number of hydrogen-bond donors (Lipinski definition) is 0. The fourth-order valence-electron chi connectivity index (χ4n) is 2.83. The molecule has 0 aliphatic carbocycles. The standard InChI is InChI=1S/C19H22N2O3S/c1-3-10-21(19(22)18-5-4-11-25-18)13-16-12-17(20-24-16)14-6-8-15(23-2)9-7-14/h4-9,11,16H,3,10,12-13H2,1-2H3. The topological polar surface area (TPSA) is 51.1 Å². The molecule has 0 N–H and O–H groups in total. The largest absolute Gasteiger partial charge is 0.497 e. The molecule has 0 saturated heterocycles. The molecule has 0 bridgehead atoms. The van der Waals surface area contributed by atoms with Gasteiger partial charge in [-0.05, 0) is 47.7 Å². The Morgan fingerprint density at radius 3 is 2.80 bits per heavy atom. The molecular formula is C19H22N2O3S. The number of hydrogen-bond acceptors (Lipinski definition) is 5. The molecule has 25 heavy (non-hydrogen) atoms. The van der Waals surface area contributed by atoms with E-state index >= 15 is 0 Å². The van der Waals surface area contributed by atoms with Gasteiger partial charge in [-0.1, -0.05) is 18.1 Å². The molecule has 6 heteroatoms. The Bertz CT molecular complexity index is 726. The molecule has 1 aliphatic heterocycles. The minimum atomic E-state index is -0.104. The van der Waals surface area contributed by atoms with E-state index in [1.807, 2.05) is 46.7 Å². The second-order valence-electron chi connectivity index (χ2n) is 5.93. The summed E-state index contributed by atoms with van der Waals surface area (Å²) in [5, 5.41) is 6.14. The lowest BCUT2D eigenvalue weighted by molar-refractivity contribution is 0.0426. The normalized spacial score (nSPS) is 16.2. The third kappa shape index (κ3) is 4.20. The van der Waals surface area contributed by atoms with Crippen molar-refractivity contribution < 1.29 is 14.4 Å². The van der Waals surface area contributed by atoms with Gasteiger partial charge in [0.1, 0.15) is 5.75 Å². The molecule has 2 aromatic rings. The second-order valence-corrected chi connectivity index (χ2v) is 6.87. The SMILES string of the molecule is CCCN(CC1CC(c2ccc(OC)cc2)=NO1)C(=O)c1cccs1. The van der Waals surface area contributed by atoms with Crippen molar-refractivity contribution in [3.8, 4) is 5.75 Å². The first kappa shape index (κ1) is 17.5. The molecule has 0 fully saturated rings. The number of carbonyl (C=O) groups excluding carboxylic acids is 1. The third-order valence-electron chi connectivity index (χ3n) is 4.09. The molecule has 132 valence electrons. The van der Waals surface area contributed by atoms with Crippen LogP contribution in [0.3, 0.4) is 0 Å². The van der Waals surface area contributed by atoms with E-state index in [9.17, 15) is 4.79 Å². The van der Waals surface area contributed by atoms with Crippen LogP contribution in [-0.2, 0) is 4.84 Å². The molecule has 1 aliphatic rings. The number of oxime groups is 1. The first-order valence-electron chi connectivity index (χ1n) is 8.41. The molecule has 0 spiro atoms. The van der Waals surface area contributed by atoms with Crippen LogP contribution < -0.4 is 4.74 Å². The van der Waals surface area contributed by atoms with Gasteiger partial charge in [0, 0.05) is 13.0 Å². The zero-order valence-electron chi connectivity index (χ0n) is 14.5. The molecular weight excluding hydrogens is 336 g/mol. The predicted octanol–water partition coefficient (Wildman–Crippen LogP) is 3.80. The quantitative estimate of drug-likeness (QED) is 0.756. The first-order valence-corrected chi connectivity index (χ1v) is 9.29. The minimum Gasteiger partial charge on any atom is -0.497 e. The Morgan fingerprint density at radius 2 is 2.16 bits per heavy atom. The van der Waals surface area contributed by atoms with Gasteiger partial charge in [-0.2, -0.15) is 0 Å². The fourth-order valence-corrected chi connectivity index (χ4v) is 3.52. The second kappa shape index (κ2) is 8.16. The van der Waals surface area contributed by atoms with Crippen molar-refractivity contribution in [2.24, 2.45) is 5.16 Å². The van der Waals surface area contributed by atoms with Gasteiger partial charge in [-0.3, -0.25) is 4.79 Å². The molecule has 3 rings (SSSR count).